The average Bonchev–Trinajstić information content (AvgIpc) is 2.84. The van der Waals surface area contributed by atoms with Crippen LogP contribution in [0.3, 0.4) is 0 Å². The van der Waals surface area contributed by atoms with Gasteiger partial charge in [-0.05, 0) is 24.5 Å². The van der Waals surface area contributed by atoms with E-state index in [0.717, 1.165) is 5.56 Å². The molecule has 2 rings (SSSR count). The minimum Gasteiger partial charge on any atom is -0.481 e. The zero-order chi connectivity index (χ0) is 16.8. The third kappa shape index (κ3) is 5.14. The minimum atomic E-state index is -0.876. The lowest BCUT2D eigenvalue weighted by atomic mass is 10.0. The van der Waals surface area contributed by atoms with Crippen LogP contribution in [0.4, 0.5) is 0 Å². The summed E-state index contributed by atoms with van der Waals surface area (Å²) in [5.41, 5.74) is 1.50. The van der Waals surface area contributed by atoms with E-state index in [4.69, 9.17) is 16.7 Å². The van der Waals surface area contributed by atoms with Crippen molar-refractivity contribution in [3.8, 4) is 0 Å². The van der Waals surface area contributed by atoms with Gasteiger partial charge < -0.3 is 15.0 Å². The number of amides is 1. The van der Waals surface area contributed by atoms with E-state index in [9.17, 15) is 9.59 Å². The van der Waals surface area contributed by atoms with Gasteiger partial charge in [0.1, 0.15) is 5.69 Å². The molecular formula is C17H19ClN2O3. The maximum absolute atomic E-state index is 12.4. The maximum atomic E-state index is 12.4. The van der Waals surface area contributed by atoms with Crippen molar-refractivity contribution in [1.29, 1.82) is 0 Å². The van der Waals surface area contributed by atoms with E-state index in [1.54, 1.807) is 23.9 Å². The number of carboxylic acid groups (broad SMARTS) is 1. The number of carbonyl (C=O) groups excluding carboxylic acids is 1. The van der Waals surface area contributed by atoms with Gasteiger partial charge in [-0.15, -0.1) is 0 Å². The molecule has 1 unspecified atom stereocenters. The number of hydrogen-bond donors (Lipinski definition) is 2. The van der Waals surface area contributed by atoms with Crippen LogP contribution in [0.25, 0.3) is 0 Å². The Hall–Kier alpha value is -2.27. The molecule has 0 radical (unpaired) electrons. The molecule has 0 bridgehead atoms. The van der Waals surface area contributed by atoms with Crippen molar-refractivity contribution in [3.05, 3.63) is 58.9 Å². The summed E-state index contributed by atoms with van der Waals surface area (Å²) < 4.78 is 1.65. The fraction of sp³-hybridized carbons (Fsp3) is 0.294. The van der Waals surface area contributed by atoms with Gasteiger partial charge in [0.2, 0.25) is 0 Å². The van der Waals surface area contributed by atoms with Crippen molar-refractivity contribution in [2.45, 2.75) is 25.3 Å². The average molecular weight is 335 g/mol. The topological polar surface area (TPSA) is 71.3 Å². The fourth-order valence-electron chi connectivity index (χ4n) is 2.43. The van der Waals surface area contributed by atoms with E-state index < -0.39 is 5.97 Å². The quantitative estimate of drug-likeness (QED) is 0.817. The van der Waals surface area contributed by atoms with Crippen molar-refractivity contribution in [3.63, 3.8) is 0 Å². The molecule has 0 aliphatic carbocycles. The Morgan fingerprint density at radius 2 is 2.00 bits per heavy atom. The number of nitrogens with zero attached hydrogens (tertiary/aromatic N) is 1. The molecule has 1 heterocycles. The van der Waals surface area contributed by atoms with E-state index in [1.807, 2.05) is 30.3 Å². The van der Waals surface area contributed by atoms with Crippen LogP contribution >= 0.6 is 11.6 Å². The summed E-state index contributed by atoms with van der Waals surface area (Å²) in [6, 6.07) is 11.0. The third-order valence-electron chi connectivity index (χ3n) is 3.57. The van der Waals surface area contributed by atoms with Crippen LogP contribution in [0.1, 0.15) is 28.9 Å². The Labute approximate surface area is 139 Å². The van der Waals surface area contributed by atoms with Gasteiger partial charge in [0, 0.05) is 25.7 Å². The lowest BCUT2D eigenvalue weighted by Gasteiger charge is -2.18. The van der Waals surface area contributed by atoms with Crippen molar-refractivity contribution < 1.29 is 14.7 Å². The van der Waals surface area contributed by atoms with Crippen LogP contribution in [0.15, 0.2) is 42.6 Å². The van der Waals surface area contributed by atoms with Crippen molar-refractivity contribution >= 4 is 23.5 Å². The van der Waals surface area contributed by atoms with Crippen LogP contribution in [0, 0.1) is 0 Å². The first kappa shape index (κ1) is 17.1. The predicted molar refractivity (Wildman–Crippen MR) is 88.7 cm³/mol. The van der Waals surface area contributed by atoms with E-state index in [-0.39, 0.29) is 18.4 Å². The van der Waals surface area contributed by atoms with Gasteiger partial charge in [0.25, 0.3) is 5.91 Å². The molecule has 0 fully saturated rings. The van der Waals surface area contributed by atoms with Gasteiger partial charge in [-0.1, -0.05) is 41.9 Å². The van der Waals surface area contributed by atoms with Crippen molar-refractivity contribution in [1.82, 2.24) is 9.88 Å². The molecule has 0 aliphatic heterocycles. The number of benzene rings is 1. The summed E-state index contributed by atoms with van der Waals surface area (Å²) in [6.07, 6.45) is 2.61. The molecule has 1 aromatic carbocycles. The molecule has 1 aromatic heterocycles. The molecule has 1 atom stereocenters. The van der Waals surface area contributed by atoms with Gasteiger partial charge in [-0.2, -0.15) is 0 Å². The van der Waals surface area contributed by atoms with Crippen LogP contribution in [0.2, 0.25) is 5.02 Å². The Morgan fingerprint density at radius 1 is 1.30 bits per heavy atom. The Bertz CT molecular complexity index is 682. The lowest BCUT2D eigenvalue weighted by molar-refractivity contribution is -0.137. The molecule has 0 aliphatic rings. The zero-order valence-electron chi connectivity index (χ0n) is 12.8. The first-order valence-corrected chi connectivity index (χ1v) is 7.72. The highest BCUT2D eigenvalue weighted by molar-refractivity contribution is 6.31. The number of aliphatic carboxylic acids is 1. The summed E-state index contributed by atoms with van der Waals surface area (Å²) in [4.78, 5) is 23.2. The van der Waals surface area contributed by atoms with E-state index >= 15 is 0 Å². The standard InChI is InChI=1S/C17H19ClN2O3/c1-20-11-13(18)10-15(20)17(23)19-14(7-8-16(21)22)9-12-5-3-2-4-6-12/h2-6,10-11,14H,7-9H2,1H3,(H,19,23)(H,21,22). The summed E-state index contributed by atoms with van der Waals surface area (Å²) in [5.74, 6) is -1.13. The van der Waals surface area contributed by atoms with Crippen molar-refractivity contribution in [2.24, 2.45) is 7.05 Å². The van der Waals surface area contributed by atoms with Gasteiger partial charge in [-0.3, -0.25) is 9.59 Å². The molecule has 0 saturated carbocycles. The molecule has 6 heteroatoms. The zero-order valence-corrected chi connectivity index (χ0v) is 13.6. The van der Waals surface area contributed by atoms with E-state index in [2.05, 4.69) is 5.32 Å². The summed E-state index contributed by atoms with van der Waals surface area (Å²) >= 11 is 5.90. The van der Waals surface area contributed by atoms with Crippen LogP contribution in [-0.2, 0) is 18.3 Å². The number of rotatable bonds is 7. The number of carboxylic acids is 1. The summed E-state index contributed by atoms with van der Waals surface area (Å²) in [7, 11) is 1.74. The highest BCUT2D eigenvalue weighted by atomic mass is 35.5. The smallest absolute Gasteiger partial charge is 0.303 e. The van der Waals surface area contributed by atoms with Crippen LogP contribution < -0.4 is 5.32 Å². The second-order valence-corrected chi connectivity index (χ2v) is 5.88. The third-order valence-corrected chi connectivity index (χ3v) is 3.78. The van der Waals surface area contributed by atoms with Crippen molar-refractivity contribution in [2.75, 3.05) is 0 Å². The molecule has 2 N–H and O–H groups in total. The molecule has 2 aromatic rings. The van der Waals surface area contributed by atoms with Gasteiger partial charge in [0.05, 0.1) is 5.02 Å². The van der Waals surface area contributed by atoms with Gasteiger partial charge in [0.15, 0.2) is 0 Å². The number of hydrogen-bond acceptors (Lipinski definition) is 2. The highest BCUT2D eigenvalue weighted by Gasteiger charge is 2.18. The number of nitrogens with one attached hydrogen (secondary N) is 1. The summed E-state index contributed by atoms with van der Waals surface area (Å²) in [5, 5.41) is 12.3. The number of aryl methyl sites for hydroxylation is 1. The second-order valence-electron chi connectivity index (χ2n) is 5.45. The highest BCUT2D eigenvalue weighted by Crippen LogP contribution is 2.14. The van der Waals surface area contributed by atoms with Crippen LogP contribution in [0.5, 0.6) is 0 Å². The molecular weight excluding hydrogens is 316 g/mol. The Balaban J connectivity index is 2.08. The molecule has 0 spiro atoms. The fourth-order valence-corrected chi connectivity index (χ4v) is 2.68. The lowest BCUT2D eigenvalue weighted by Crippen LogP contribution is -2.37. The number of aromatic nitrogens is 1. The largest absolute Gasteiger partial charge is 0.481 e. The maximum Gasteiger partial charge on any atom is 0.303 e. The minimum absolute atomic E-state index is 0.00563. The Kier molecular flexibility index (Phi) is 5.82. The first-order chi connectivity index (χ1) is 11.0. The SMILES string of the molecule is Cn1cc(Cl)cc1C(=O)NC(CCC(=O)O)Cc1ccccc1. The molecule has 0 saturated heterocycles. The molecule has 5 nitrogen and oxygen atoms in total. The monoisotopic (exact) mass is 334 g/mol. The normalized spacial score (nSPS) is 11.9. The van der Waals surface area contributed by atoms with Gasteiger partial charge >= 0.3 is 5.97 Å². The molecule has 1 amide bonds. The first-order valence-electron chi connectivity index (χ1n) is 7.34. The molecule has 23 heavy (non-hydrogen) atoms. The Morgan fingerprint density at radius 3 is 2.57 bits per heavy atom. The van der Waals surface area contributed by atoms with E-state index in [1.165, 1.54) is 0 Å². The van der Waals surface area contributed by atoms with E-state index in [0.29, 0.717) is 23.6 Å². The number of halogens is 1. The predicted octanol–water partition coefficient (Wildman–Crippen LogP) is 2.88. The number of carbonyl (C=O) groups is 2. The summed E-state index contributed by atoms with van der Waals surface area (Å²) in [6.45, 7) is 0. The van der Waals surface area contributed by atoms with Crippen LogP contribution in [-0.4, -0.2) is 27.6 Å². The molecule has 122 valence electrons. The van der Waals surface area contributed by atoms with Gasteiger partial charge in [-0.25, -0.2) is 0 Å². The second kappa shape index (κ2) is 7.83.